The summed E-state index contributed by atoms with van der Waals surface area (Å²) in [6, 6.07) is 25.0. The van der Waals surface area contributed by atoms with Gasteiger partial charge in [-0.2, -0.15) is 0 Å². The van der Waals surface area contributed by atoms with Crippen LogP contribution in [0.2, 0.25) is 0 Å². The van der Waals surface area contributed by atoms with Crippen molar-refractivity contribution in [2.75, 3.05) is 0 Å². The normalized spacial score (nSPS) is 10.2. The van der Waals surface area contributed by atoms with Gasteiger partial charge in [0.25, 0.3) is 0 Å². The molecule has 0 atom stereocenters. The molecular weight excluding hydrogens is 218 g/mol. The van der Waals surface area contributed by atoms with Crippen molar-refractivity contribution in [1.29, 1.82) is 0 Å². The third kappa shape index (κ3) is 2.16. The van der Waals surface area contributed by atoms with Crippen molar-refractivity contribution < 1.29 is 4.98 Å². The molecule has 0 saturated carbocycles. The predicted molar refractivity (Wildman–Crippen MR) is 73.9 cm³/mol. The Morgan fingerprint density at radius 3 is 1.67 bits per heavy atom. The van der Waals surface area contributed by atoms with E-state index in [4.69, 9.17) is 0 Å². The molecule has 0 bridgehead atoms. The molecule has 0 aliphatic carbocycles. The van der Waals surface area contributed by atoms with E-state index >= 15 is 0 Å². The van der Waals surface area contributed by atoms with Crippen molar-refractivity contribution >= 4 is 0 Å². The monoisotopic (exact) mass is 232 g/mol. The average Bonchev–Trinajstić information content (AvgIpc) is 2.49. The molecule has 1 nitrogen and oxygen atoms in total. The van der Waals surface area contributed by atoms with Gasteiger partial charge in [0.15, 0.2) is 6.20 Å². The number of benzene rings is 2. The minimum Gasteiger partial charge on any atom is -0.211 e. The Kier molecular flexibility index (Phi) is 2.89. The molecule has 86 valence electrons. The standard InChI is InChI=1S/C17H13N/c1-3-7-14(8-4-1)16-11-12-17(18-13-16)15-9-5-2-6-10-15/h1-13H/p+1. The van der Waals surface area contributed by atoms with Crippen LogP contribution in [0.1, 0.15) is 0 Å². The maximum atomic E-state index is 3.35. The third-order valence-electron chi connectivity index (χ3n) is 3.00. The first kappa shape index (κ1) is 10.7. The van der Waals surface area contributed by atoms with E-state index in [-0.39, 0.29) is 0 Å². The van der Waals surface area contributed by atoms with Gasteiger partial charge in [-0.3, -0.25) is 0 Å². The van der Waals surface area contributed by atoms with Crippen molar-refractivity contribution in [3.8, 4) is 22.4 Å². The molecule has 1 heteroatoms. The molecule has 0 radical (unpaired) electrons. The average molecular weight is 232 g/mol. The topological polar surface area (TPSA) is 14.1 Å². The van der Waals surface area contributed by atoms with Crippen LogP contribution in [-0.2, 0) is 0 Å². The number of aromatic nitrogens is 1. The van der Waals surface area contributed by atoms with Gasteiger partial charge in [-0.25, -0.2) is 4.98 Å². The number of nitrogens with one attached hydrogen (secondary N) is 1. The highest BCUT2D eigenvalue weighted by molar-refractivity contribution is 5.64. The molecule has 0 aliphatic heterocycles. The zero-order valence-electron chi connectivity index (χ0n) is 10.0. The number of pyridine rings is 1. The molecule has 18 heavy (non-hydrogen) atoms. The van der Waals surface area contributed by atoms with Crippen LogP contribution < -0.4 is 4.98 Å². The summed E-state index contributed by atoms with van der Waals surface area (Å²) in [4.78, 5) is 3.35. The van der Waals surface area contributed by atoms with Crippen molar-refractivity contribution in [2.45, 2.75) is 0 Å². The van der Waals surface area contributed by atoms with Gasteiger partial charge in [-0.05, 0) is 23.8 Å². The fourth-order valence-corrected chi connectivity index (χ4v) is 2.03. The second kappa shape index (κ2) is 4.84. The van der Waals surface area contributed by atoms with Crippen LogP contribution >= 0.6 is 0 Å². The first-order valence-corrected chi connectivity index (χ1v) is 6.06. The SMILES string of the molecule is c1ccc(-c2ccc(-c3ccccc3)[nH+]c2)cc1. The van der Waals surface area contributed by atoms with Gasteiger partial charge < -0.3 is 0 Å². The molecular formula is C17H14N+. The summed E-state index contributed by atoms with van der Waals surface area (Å²) in [6.07, 6.45) is 2.05. The van der Waals surface area contributed by atoms with Gasteiger partial charge in [-0.15, -0.1) is 0 Å². The van der Waals surface area contributed by atoms with Gasteiger partial charge in [0, 0.05) is 17.2 Å². The van der Waals surface area contributed by atoms with Crippen LogP contribution in [0.5, 0.6) is 0 Å². The van der Waals surface area contributed by atoms with Crippen LogP contribution in [0, 0.1) is 0 Å². The van der Waals surface area contributed by atoms with Crippen molar-refractivity contribution in [3.05, 3.63) is 79.0 Å². The maximum absolute atomic E-state index is 3.35. The van der Waals surface area contributed by atoms with E-state index in [2.05, 4.69) is 59.7 Å². The van der Waals surface area contributed by atoms with E-state index in [0.717, 1.165) is 5.69 Å². The van der Waals surface area contributed by atoms with E-state index in [0.29, 0.717) is 0 Å². The number of rotatable bonds is 2. The molecule has 0 amide bonds. The first-order valence-electron chi connectivity index (χ1n) is 6.06. The summed E-state index contributed by atoms with van der Waals surface area (Å²) in [6.45, 7) is 0. The van der Waals surface area contributed by atoms with Gasteiger partial charge in [-0.1, -0.05) is 48.5 Å². The molecule has 1 heterocycles. The van der Waals surface area contributed by atoms with Gasteiger partial charge in [0.05, 0.1) is 0 Å². The molecule has 3 aromatic rings. The Labute approximate surface area is 107 Å². The Bertz CT molecular complexity index is 554. The summed E-state index contributed by atoms with van der Waals surface area (Å²) in [5.41, 5.74) is 4.77. The molecule has 0 saturated heterocycles. The van der Waals surface area contributed by atoms with Crippen LogP contribution in [0.15, 0.2) is 79.0 Å². The molecule has 1 aromatic heterocycles. The Balaban J connectivity index is 1.95. The first-order chi connectivity index (χ1) is 8.93. The minimum absolute atomic E-state index is 1.13. The molecule has 0 spiro atoms. The number of aromatic amines is 1. The second-order valence-corrected chi connectivity index (χ2v) is 4.22. The summed E-state index contributed by atoms with van der Waals surface area (Å²) >= 11 is 0. The van der Waals surface area contributed by atoms with Gasteiger partial charge in [0.1, 0.15) is 0 Å². The Morgan fingerprint density at radius 2 is 1.11 bits per heavy atom. The van der Waals surface area contributed by atoms with Gasteiger partial charge >= 0.3 is 0 Å². The highest BCUT2D eigenvalue weighted by Crippen LogP contribution is 2.19. The molecule has 0 unspecified atom stereocenters. The zero-order valence-corrected chi connectivity index (χ0v) is 10.0. The molecule has 1 N–H and O–H groups in total. The second-order valence-electron chi connectivity index (χ2n) is 4.22. The fraction of sp³-hybridized carbons (Fsp3) is 0. The summed E-state index contributed by atoms with van der Waals surface area (Å²) in [5, 5.41) is 0. The minimum atomic E-state index is 1.13. The van der Waals surface area contributed by atoms with E-state index in [9.17, 15) is 0 Å². The Hall–Kier alpha value is -2.41. The van der Waals surface area contributed by atoms with E-state index in [1.54, 1.807) is 0 Å². The summed E-state index contributed by atoms with van der Waals surface area (Å²) in [5.74, 6) is 0. The highest BCUT2D eigenvalue weighted by Gasteiger charge is 2.05. The predicted octanol–water partition coefficient (Wildman–Crippen LogP) is 3.83. The van der Waals surface area contributed by atoms with Crippen LogP contribution in [0.25, 0.3) is 22.4 Å². The van der Waals surface area contributed by atoms with E-state index in [1.165, 1.54) is 16.7 Å². The van der Waals surface area contributed by atoms with Crippen molar-refractivity contribution in [3.63, 3.8) is 0 Å². The lowest BCUT2D eigenvalue weighted by Crippen LogP contribution is -2.05. The molecule has 0 fully saturated rings. The lowest BCUT2D eigenvalue weighted by Gasteiger charge is -1.99. The van der Waals surface area contributed by atoms with Crippen molar-refractivity contribution in [1.82, 2.24) is 0 Å². The van der Waals surface area contributed by atoms with Crippen molar-refractivity contribution in [2.24, 2.45) is 0 Å². The van der Waals surface area contributed by atoms with Crippen LogP contribution in [-0.4, -0.2) is 0 Å². The smallest absolute Gasteiger partial charge is 0.210 e. The number of hydrogen-bond acceptors (Lipinski definition) is 0. The molecule has 2 aromatic carbocycles. The fourth-order valence-electron chi connectivity index (χ4n) is 2.03. The van der Waals surface area contributed by atoms with Crippen LogP contribution in [0.3, 0.4) is 0 Å². The largest absolute Gasteiger partial charge is 0.211 e. The maximum Gasteiger partial charge on any atom is 0.210 e. The lowest BCUT2D eigenvalue weighted by atomic mass is 10.1. The van der Waals surface area contributed by atoms with Gasteiger partial charge in [0.2, 0.25) is 5.69 Å². The van der Waals surface area contributed by atoms with Crippen LogP contribution in [0.4, 0.5) is 0 Å². The number of hydrogen-bond donors (Lipinski definition) is 0. The molecule has 0 aliphatic rings. The number of H-pyrrole nitrogens is 1. The van der Waals surface area contributed by atoms with E-state index in [1.807, 2.05) is 24.3 Å². The third-order valence-corrected chi connectivity index (χ3v) is 3.00. The molecule has 3 rings (SSSR count). The Morgan fingerprint density at radius 1 is 0.500 bits per heavy atom. The highest BCUT2D eigenvalue weighted by atomic mass is 14.7. The summed E-state index contributed by atoms with van der Waals surface area (Å²) in [7, 11) is 0. The quantitative estimate of drug-likeness (QED) is 0.637. The van der Waals surface area contributed by atoms with E-state index < -0.39 is 0 Å². The summed E-state index contributed by atoms with van der Waals surface area (Å²) < 4.78 is 0. The lowest BCUT2D eigenvalue weighted by molar-refractivity contribution is -0.363. The zero-order chi connectivity index (χ0) is 12.2.